The molecule has 1 amide bonds. The molecular weight excluding hydrogens is 386 g/mol. The molecule has 0 unspecified atom stereocenters. The van der Waals surface area contributed by atoms with E-state index >= 15 is 0 Å². The van der Waals surface area contributed by atoms with E-state index in [0.717, 1.165) is 0 Å². The van der Waals surface area contributed by atoms with Crippen molar-refractivity contribution in [2.24, 2.45) is 0 Å². The van der Waals surface area contributed by atoms with Gasteiger partial charge >= 0.3 is 6.09 Å². The number of amides is 1. The van der Waals surface area contributed by atoms with Crippen LogP contribution in [-0.2, 0) is 16.6 Å². The number of sulfonamides is 1. The Morgan fingerprint density at radius 1 is 1.14 bits per heavy atom. The molecule has 2 aromatic carbocycles. The van der Waals surface area contributed by atoms with Gasteiger partial charge in [0.2, 0.25) is 10.0 Å². The summed E-state index contributed by atoms with van der Waals surface area (Å²) < 4.78 is 31.0. The van der Waals surface area contributed by atoms with Crippen LogP contribution in [0.2, 0.25) is 0 Å². The van der Waals surface area contributed by atoms with E-state index in [1.54, 1.807) is 38.1 Å². The fraction of sp³-hybridized carbons (Fsp3) is 0.278. The summed E-state index contributed by atoms with van der Waals surface area (Å²) in [5.74, 6) is 0.116. The van der Waals surface area contributed by atoms with E-state index in [4.69, 9.17) is 4.74 Å². The molecule has 10 heteroatoms. The minimum atomic E-state index is -3.45. The normalized spacial score (nSPS) is 10.9. The zero-order valence-electron chi connectivity index (χ0n) is 15.5. The lowest BCUT2D eigenvalue weighted by atomic mass is 10.2. The molecule has 2 rings (SSSR count). The third kappa shape index (κ3) is 5.19. The lowest BCUT2D eigenvalue weighted by Gasteiger charge is -2.24. The van der Waals surface area contributed by atoms with Gasteiger partial charge in [0.25, 0.3) is 5.69 Å². The first kappa shape index (κ1) is 21.2. The Balaban J connectivity index is 2.08. The van der Waals surface area contributed by atoms with Crippen molar-refractivity contribution in [1.82, 2.24) is 5.32 Å². The first-order valence-corrected chi connectivity index (χ1v) is 10.2. The number of benzene rings is 2. The quantitative estimate of drug-likeness (QED) is 0.531. The molecule has 0 saturated carbocycles. The van der Waals surface area contributed by atoms with Crippen LogP contribution >= 0.6 is 0 Å². The SMILES string of the molecule is CCN(c1ccccc1CNC(=O)Oc1ccc([N+](=O)[O-])cc1)S(=O)(=O)CC. The predicted molar refractivity (Wildman–Crippen MR) is 105 cm³/mol. The molecule has 2 aromatic rings. The molecule has 0 aliphatic heterocycles. The highest BCUT2D eigenvalue weighted by Gasteiger charge is 2.21. The molecule has 28 heavy (non-hydrogen) atoms. The Hall–Kier alpha value is -3.14. The van der Waals surface area contributed by atoms with Gasteiger partial charge in [-0.3, -0.25) is 14.4 Å². The number of hydrogen-bond donors (Lipinski definition) is 1. The van der Waals surface area contributed by atoms with Crippen LogP contribution in [0, 0.1) is 10.1 Å². The lowest BCUT2D eigenvalue weighted by molar-refractivity contribution is -0.384. The molecule has 0 atom stereocenters. The van der Waals surface area contributed by atoms with Gasteiger partial charge in [-0.05, 0) is 37.6 Å². The molecule has 0 saturated heterocycles. The van der Waals surface area contributed by atoms with Crippen LogP contribution in [0.1, 0.15) is 19.4 Å². The highest BCUT2D eigenvalue weighted by Crippen LogP contribution is 2.23. The number of ether oxygens (including phenoxy) is 1. The maximum Gasteiger partial charge on any atom is 0.412 e. The zero-order valence-corrected chi connectivity index (χ0v) is 16.3. The Morgan fingerprint density at radius 3 is 2.36 bits per heavy atom. The summed E-state index contributed by atoms with van der Waals surface area (Å²) in [6.07, 6.45) is -0.759. The number of carbonyl (C=O) groups is 1. The van der Waals surface area contributed by atoms with Crippen LogP contribution < -0.4 is 14.4 Å². The Kier molecular flexibility index (Phi) is 6.94. The highest BCUT2D eigenvalue weighted by molar-refractivity contribution is 7.92. The van der Waals surface area contributed by atoms with Crippen molar-refractivity contribution in [2.75, 3.05) is 16.6 Å². The average molecular weight is 407 g/mol. The second-order valence-corrected chi connectivity index (χ2v) is 7.87. The molecule has 0 bridgehead atoms. The summed E-state index contributed by atoms with van der Waals surface area (Å²) in [6.45, 7) is 3.62. The van der Waals surface area contributed by atoms with Crippen molar-refractivity contribution in [3.8, 4) is 5.75 Å². The molecule has 0 heterocycles. The fourth-order valence-corrected chi connectivity index (χ4v) is 3.71. The van der Waals surface area contributed by atoms with Gasteiger partial charge in [-0.2, -0.15) is 0 Å². The predicted octanol–water partition coefficient (Wildman–Crippen LogP) is 3.06. The van der Waals surface area contributed by atoms with E-state index in [2.05, 4.69) is 5.32 Å². The van der Waals surface area contributed by atoms with Crippen LogP contribution in [-0.4, -0.2) is 31.7 Å². The summed E-state index contributed by atoms with van der Waals surface area (Å²) in [5, 5.41) is 13.2. The van der Waals surface area contributed by atoms with Crippen molar-refractivity contribution in [3.05, 3.63) is 64.2 Å². The average Bonchev–Trinajstić information content (AvgIpc) is 2.68. The Labute approximate surface area is 163 Å². The topological polar surface area (TPSA) is 119 Å². The lowest BCUT2D eigenvalue weighted by Crippen LogP contribution is -2.34. The van der Waals surface area contributed by atoms with E-state index in [1.807, 2.05) is 0 Å². The van der Waals surface area contributed by atoms with Crippen LogP contribution in [0.15, 0.2) is 48.5 Å². The molecule has 0 aromatic heterocycles. The maximum atomic E-state index is 12.3. The van der Waals surface area contributed by atoms with Crippen LogP contribution in [0.3, 0.4) is 0 Å². The van der Waals surface area contributed by atoms with E-state index in [-0.39, 0.29) is 30.3 Å². The number of nitrogens with zero attached hydrogens (tertiary/aromatic N) is 2. The number of hydrogen-bond acceptors (Lipinski definition) is 6. The van der Waals surface area contributed by atoms with E-state index in [1.165, 1.54) is 28.6 Å². The molecule has 9 nitrogen and oxygen atoms in total. The van der Waals surface area contributed by atoms with Gasteiger partial charge in [-0.1, -0.05) is 18.2 Å². The van der Waals surface area contributed by atoms with Gasteiger partial charge < -0.3 is 10.1 Å². The van der Waals surface area contributed by atoms with Crippen LogP contribution in [0.25, 0.3) is 0 Å². The first-order chi connectivity index (χ1) is 13.3. The summed E-state index contributed by atoms with van der Waals surface area (Å²) in [4.78, 5) is 22.1. The summed E-state index contributed by atoms with van der Waals surface area (Å²) >= 11 is 0. The minimum Gasteiger partial charge on any atom is -0.410 e. The van der Waals surface area contributed by atoms with Crippen molar-refractivity contribution >= 4 is 27.5 Å². The number of rotatable bonds is 8. The van der Waals surface area contributed by atoms with Crippen molar-refractivity contribution in [3.63, 3.8) is 0 Å². The molecule has 1 N–H and O–H groups in total. The molecule has 150 valence electrons. The number of nitrogens with one attached hydrogen (secondary N) is 1. The summed E-state index contributed by atoms with van der Waals surface area (Å²) in [6, 6.07) is 12.0. The van der Waals surface area contributed by atoms with Crippen molar-refractivity contribution in [2.45, 2.75) is 20.4 Å². The number of para-hydroxylation sites is 1. The summed E-state index contributed by atoms with van der Waals surface area (Å²) in [7, 11) is -3.45. The first-order valence-electron chi connectivity index (χ1n) is 8.57. The van der Waals surface area contributed by atoms with Gasteiger partial charge in [-0.25, -0.2) is 13.2 Å². The smallest absolute Gasteiger partial charge is 0.410 e. The van der Waals surface area contributed by atoms with Gasteiger partial charge in [0.05, 0.1) is 16.4 Å². The second kappa shape index (κ2) is 9.18. The molecule has 0 spiro atoms. The van der Waals surface area contributed by atoms with Crippen molar-refractivity contribution < 1.29 is 22.9 Å². The monoisotopic (exact) mass is 407 g/mol. The molecule has 0 fully saturated rings. The highest BCUT2D eigenvalue weighted by atomic mass is 32.2. The maximum absolute atomic E-state index is 12.3. The van der Waals surface area contributed by atoms with E-state index < -0.39 is 21.0 Å². The van der Waals surface area contributed by atoms with Gasteiger partial charge in [-0.15, -0.1) is 0 Å². The van der Waals surface area contributed by atoms with Crippen LogP contribution in [0.5, 0.6) is 5.75 Å². The Bertz CT molecular complexity index is 944. The zero-order chi connectivity index (χ0) is 20.7. The number of anilines is 1. The molecule has 0 aliphatic rings. The third-order valence-corrected chi connectivity index (χ3v) is 5.79. The van der Waals surface area contributed by atoms with E-state index in [0.29, 0.717) is 11.3 Å². The summed E-state index contributed by atoms with van der Waals surface area (Å²) in [5.41, 5.74) is 0.989. The standard InChI is InChI=1S/C18H21N3O6S/c1-3-20(28(25,26)4-2)17-8-6-5-7-14(17)13-19-18(22)27-16-11-9-15(10-12-16)21(23)24/h5-12H,3-4,13H2,1-2H3,(H,19,22). The van der Waals surface area contributed by atoms with Gasteiger partial charge in [0, 0.05) is 25.2 Å². The second-order valence-electron chi connectivity index (χ2n) is 5.69. The van der Waals surface area contributed by atoms with Crippen molar-refractivity contribution in [1.29, 1.82) is 0 Å². The van der Waals surface area contributed by atoms with E-state index in [9.17, 15) is 23.3 Å². The number of non-ortho nitro benzene ring substituents is 1. The third-order valence-electron chi connectivity index (χ3n) is 3.93. The van der Waals surface area contributed by atoms with Crippen LogP contribution in [0.4, 0.5) is 16.2 Å². The van der Waals surface area contributed by atoms with Gasteiger partial charge in [0.15, 0.2) is 0 Å². The Morgan fingerprint density at radius 2 is 1.79 bits per heavy atom. The number of carbonyl (C=O) groups excluding carboxylic acids is 1. The number of nitro groups is 1. The molecule has 0 radical (unpaired) electrons. The minimum absolute atomic E-state index is 0.0369. The number of nitro benzene ring substituents is 1. The van der Waals surface area contributed by atoms with Gasteiger partial charge in [0.1, 0.15) is 5.75 Å². The molecular formula is C18H21N3O6S. The fourth-order valence-electron chi connectivity index (χ4n) is 2.52. The largest absolute Gasteiger partial charge is 0.412 e. The molecule has 0 aliphatic carbocycles.